The van der Waals surface area contributed by atoms with Gasteiger partial charge < -0.3 is 10.6 Å². The molecule has 1 aliphatic carbocycles. The van der Waals surface area contributed by atoms with Crippen molar-refractivity contribution in [1.82, 2.24) is 0 Å². The highest BCUT2D eigenvalue weighted by atomic mass is 16.2. The van der Waals surface area contributed by atoms with Crippen LogP contribution in [0.15, 0.2) is 48.5 Å². The van der Waals surface area contributed by atoms with Gasteiger partial charge >= 0.3 is 0 Å². The van der Waals surface area contributed by atoms with Gasteiger partial charge in [0.15, 0.2) is 0 Å². The first-order valence-electron chi connectivity index (χ1n) is 9.26. The van der Waals surface area contributed by atoms with Gasteiger partial charge in [-0.05, 0) is 74.9 Å². The van der Waals surface area contributed by atoms with E-state index in [4.69, 9.17) is 0 Å². The monoisotopic (exact) mass is 350 g/mol. The normalized spacial score (nSPS) is 19.6. The predicted octanol–water partition coefficient (Wildman–Crippen LogP) is 4.69. The van der Waals surface area contributed by atoms with Gasteiger partial charge in [0.1, 0.15) is 0 Å². The molecule has 0 aliphatic heterocycles. The molecule has 2 aromatic rings. The molecule has 0 spiro atoms. The van der Waals surface area contributed by atoms with Gasteiger partial charge in [-0.15, -0.1) is 0 Å². The minimum absolute atomic E-state index is 0.0152. The van der Waals surface area contributed by atoms with Crippen LogP contribution in [0.2, 0.25) is 0 Å². The summed E-state index contributed by atoms with van der Waals surface area (Å²) < 4.78 is 0. The summed E-state index contributed by atoms with van der Waals surface area (Å²) in [6, 6.07) is 15.7. The molecule has 0 radical (unpaired) electrons. The topological polar surface area (TPSA) is 58.2 Å². The minimum atomic E-state index is -0.0152. The summed E-state index contributed by atoms with van der Waals surface area (Å²) in [6.45, 7) is 4.02. The third-order valence-electron chi connectivity index (χ3n) is 5.04. The lowest BCUT2D eigenvalue weighted by atomic mass is 9.81. The van der Waals surface area contributed by atoms with Crippen LogP contribution in [0.5, 0.6) is 0 Å². The maximum atomic E-state index is 12.5. The third kappa shape index (κ3) is 4.72. The first kappa shape index (κ1) is 18.2. The van der Waals surface area contributed by atoms with Gasteiger partial charge in [-0.25, -0.2) is 0 Å². The van der Waals surface area contributed by atoms with Crippen molar-refractivity contribution in [2.24, 2.45) is 11.8 Å². The van der Waals surface area contributed by atoms with Gasteiger partial charge in [0.2, 0.25) is 11.8 Å². The highest BCUT2D eigenvalue weighted by Gasteiger charge is 2.30. The maximum Gasteiger partial charge on any atom is 0.227 e. The molecule has 1 fully saturated rings. The minimum Gasteiger partial charge on any atom is -0.326 e. The van der Waals surface area contributed by atoms with Crippen molar-refractivity contribution in [2.45, 2.75) is 39.5 Å². The maximum absolute atomic E-state index is 12.5. The Morgan fingerprint density at radius 1 is 0.731 bits per heavy atom. The van der Waals surface area contributed by atoms with E-state index < -0.39 is 0 Å². The Morgan fingerprint density at radius 2 is 1.12 bits per heavy atom. The van der Waals surface area contributed by atoms with Crippen molar-refractivity contribution in [2.75, 3.05) is 10.6 Å². The molecule has 0 atom stereocenters. The van der Waals surface area contributed by atoms with Crippen molar-refractivity contribution in [3.05, 3.63) is 59.7 Å². The summed E-state index contributed by atoms with van der Waals surface area (Å²) in [4.78, 5) is 24.9. The number of hydrogen-bond donors (Lipinski definition) is 2. The number of benzene rings is 2. The molecular weight excluding hydrogens is 324 g/mol. The average molecular weight is 350 g/mol. The largest absolute Gasteiger partial charge is 0.326 e. The molecule has 2 aromatic carbocycles. The standard InChI is InChI=1S/C22H26N2O2/c1-15-5-3-7-19(13-15)23-21(25)17-9-11-18(12-10-17)22(26)24-20-8-4-6-16(2)14-20/h3-8,13-14,17-18H,9-12H2,1-2H3,(H,23,25)(H,24,26). The third-order valence-corrected chi connectivity index (χ3v) is 5.04. The number of anilines is 2. The van der Waals surface area contributed by atoms with E-state index in [2.05, 4.69) is 10.6 Å². The fourth-order valence-electron chi connectivity index (χ4n) is 3.55. The van der Waals surface area contributed by atoms with Crippen LogP contribution in [0, 0.1) is 25.7 Å². The second kappa shape index (κ2) is 8.17. The Hall–Kier alpha value is -2.62. The molecule has 0 unspecified atom stereocenters. The Labute approximate surface area is 155 Å². The SMILES string of the molecule is Cc1cccc(NC(=O)C2CCC(C(=O)Nc3cccc(C)c3)CC2)c1. The van der Waals surface area contributed by atoms with Crippen molar-refractivity contribution >= 4 is 23.2 Å². The molecule has 2 amide bonds. The van der Waals surface area contributed by atoms with E-state index in [1.807, 2.05) is 62.4 Å². The van der Waals surface area contributed by atoms with Crippen LogP contribution in [-0.4, -0.2) is 11.8 Å². The number of amides is 2. The summed E-state index contributed by atoms with van der Waals surface area (Å²) in [5, 5.41) is 6.01. The van der Waals surface area contributed by atoms with E-state index >= 15 is 0 Å². The number of rotatable bonds is 4. The van der Waals surface area contributed by atoms with Crippen LogP contribution >= 0.6 is 0 Å². The van der Waals surface area contributed by atoms with Gasteiger partial charge in [-0.2, -0.15) is 0 Å². The molecule has 3 rings (SSSR count). The summed E-state index contributed by atoms with van der Waals surface area (Å²) >= 11 is 0. The molecule has 0 aromatic heterocycles. The van der Waals surface area contributed by atoms with Gasteiger partial charge in [0.05, 0.1) is 0 Å². The highest BCUT2D eigenvalue weighted by molar-refractivity contribution is 5.94. The van der Waals surface area contributed by atoms with Crippen molar-refractivity contribution < 1.29 is 9.59 Å². The van der Waals surface area contributed by atoms with Crippen LogP contribution in [0.1, 0.15) is 36.8 Å². The average Bonchev–Trinajstić information content (AvgIpc) is 2.62. The van der Waals surface area contributed by atoms with Crippen LogP contribution in [-0.2, 0) is 9.59 Å². The molecule has 1 saturated carbocycles. The molecule has 1 aliphatic rings. The molecular formula is C22H26N2O2. The Morgan fingerprint density at radius 3 is 1.46 bits per heavy atom. The summed E-state index contributed by atoms with van der Waals surface area (Å²) in [7, 11) is 0. The van der Waals surface area contributed by atoms with Crippen molar-refractivity contribution in [3.63, 3.8) is 0 Å². The molecule has 0 bridgehead atoms. The van der Waals surface area contributed by atoms with Crippen molar-refractivity contribution in [1.29, 1.82) is 0 Å². The first-order chi connectivity index (χ1) is 12.5. The van der Waals surface area contributed by atoms with E-state index in [1.54, 1.807) is 0 Å². The van der Waals surface area contributed by atoms with E-state index in [0.29, 0.717) is 0 Å². The quantitative estimate of drug-likeness (QED) is 0.840. The zero-order valence-electron chi connectivity index (χ0n) is 15.4. The van der Waals surface area contributed by atoms with Crippen LogP contribution < -0.4 is 10.6 Å². The number of carbonyl (C=O) groups excluding carboxylic acids is 2. The lowest BCUT2D eigenvalue weighted by molar-refractivity contribution is -0.125. The predicted molar refractivity (Wildman–Crippen MR) is 105 cm³/mol. The zero-order chi connectivity index (χ0) is 18.5. The molecule has 4 nitrogen and oxygen atoms in total. The van der Waals surface area contributed by atoms with Crippen LogP contribution in [0.3, 0.4) is 0 Å². The Bertz CT molecular complexity index is 725. The first-order valence-corrected chi connectivity index (χ1v) is 9.26. The fourth-order valence-corrected chi connectivity index (χ4v) is 3.55. The highest BCUT2D eigenvalue weighted by Crippen LogP contribution is 2.30. The number of nitrogens with one attached hydrogen (secondary N) is 2. The Kier molecular flexibility index (Phi) is 5.71. The van der Waals surface area contributed by atoms with E-state index in [1.165, 1.54) is 0 Å². The summed E-state index contributed by atoms with van der Waals surface area (Å²) in [5.74, 6) is 0.0957. The van der Waals surface area contributed by atoms with Gasteiger partial charge in [-0.1, -0.05) is 24.3 Å². The number of carbonyl (C=O) groups is 2. The summed E-state index contributed by atoms with van der Waals surface area (Å²) in [6.07, 6.45) is 3.01. The Balaban J connectivity index is 1.50. The van der Waals surface area contributed by atoms with E-state index in [-0.39, 0.29) is 23.7 Å². The molecule has 0 saturated heterocycles. The van der Waals surface area contributed by atoms with E-state index in [0.717, 1.165) is 48.2 Å². The molecule has 26 heavy (non-hydrogen) atoms. The molecule has 4 heteroatoms. The molecule has 0 heterocycles. The molecule has 2 N–H and O–H groups in total. The van der Waals surface area contributed by atoms with Crippen molar-refractivity contribution in [3.8, 4) is 0 Å². The second-order valence-electron chi connectivity index (χ2n) is 7.27. The lowest BCUT2D eigenvalue weighted by Crippen LogP contribution is -2.32. The number of aryl methyl sites for hydroxylation is 2. The van der Waals surface area contributed by atoms with Crippen LogP contribution in [0.25, 0.3) is 0 Å². The van der Waals surface area contributed by atoms with E-state index in [9.17, 15) is 9.59 Å². The summed E-state index contributed by atoms with van der Waals surface area (Å²) in [5.41, 5.74) is 3.93. The van der Waals surface area contributed by atoms with Gasteiger partial charge in [0, 0.05) is 23.2 Å². The second-order valence-corrected chi connectivity index (χ2v) is 7.27. The fraction of sp³-hybridized carbons (Fsp3) is 0.364. The number of hydrogen-bond acceptors (Lipinski definition) is 2. The van der Waals surface area contributed by atoms with Gasteiger partial charge in [-0.3, -0.25) is 9.59 Å². The zero-order valence-corrected chi connectivity index (χ0v) is 15.4. The smallest absolute Gasteiger partial charge is 0.227 e. The lowest BCUT2D eigenvalue weighted by Gasteiger charge is -2.27. The van der Waals surface area contributed by atoms with Crippen LogP contribution in [0.4, 0.5) is 11.4 Å². The molecule has 136 valence electrons. The van der Waals surface area contributed by atoms with Gasteiger partial charge in [0.25, 0.3) is 0 Å².